The largest absolute Gasteiger partial charge is 0.493 e. The number of ether oxygens (including phenoxy) is 1. The highest BCUT2D eigenvalue weighted by Gasteiger charge is 2.22. The van der Waals surface area contributed by atoms with Crippen LogP contribution in [0.5, 0.6) is 5.75 Å². The van der Waals surface area contributed by atoms with Crippen LogP contribution in [-0.2, 0) is 0 Å². The van der Waals surface area contributed by atoms with Crippen molar-refractivity contribution in [2.45, 2.75) is 12.5 Å². The maximum Gasteiger partial charge on any atom is 0.191 e. The van der Waals surface area contributed by atoms with Gasteiger partial charge in [0.25, 0.3) is 0 Å². The van der Waals surface area contributed by atoms with E-state index in [1.54, 1.807) is 0 Å². The van der Waals surface area contributed by atoms with Crippen LogP contribution in [-0.4, -0.2) is 25.7 Å². The van der Waals surface area contributed by atoms with E-state index in [9.17, 15) is 0 Å². The first kappa shape index (κ1) is 9.51. The van der Waals surface area contributed by atoms with Gasteiger partial charge in [0.2, 0.25) is 0 Å². The van der Waals surface area contributed by atoms with Crippen LogP contribution in [0, 0.1) is 0 Å². The number of guanidine groups is 1. The summed E-state index contributed by atoms with van der Waals surface area (Å²) in [5, 5.41) is 6.67. The highest BCUT2D eigenvalue weighted by Crippen LogP contribution is 2.31. The molecule has 0 amide bonds. The van der Waals surface area contributed by atoms with Crippen LogP contribution in [0.1, 0.15) is 18.0 Å². The summed E-state index contributed by atoms with van der Waals surface area (Å²) >= 11 is 0. The van der Waals surface area contributed by atoms with E-state index in [2.05, 4.69) is 21.7 Å². The van der Waals surface area contributed by atoms with E-state index in [1.807, 2.05) is 18.2 Å². The third-order valence-electron chi connectivity index (χ3n) is 2.94. The van der Waals surface area contributed by atoms with Crippen LogP contribution < -0.4 is 15.4 Å². The summed E-state index contributed by atoms with van der Waals surface area (Å²) in [5.41, 5.74) is 1.23. The Hall–Kier alpha value is -1.71. The number of fused-ring (bicyclic) bond motifs is 1. The molecule has 2 aliphatic rings. The van der Waals surface area contributed by atoms with Gasteiger partial charge in [-0.3, -0.25) is 4.99 Å². The Morgan fingerprint density at radius 3 is 3.19 bits per heavy atom. The predicted octanol–water partition coefficient (Wildman–Crippen LogP) is 1.06. The number of hydrogen-bond donors (Lipinski definition) is 2. The van der Waals surface area contributed by atoms with Crippen LogP contribution >= 0.6 is 0 Å². The molecule has 1 aromatic rings. The molecule has 4 heteroatoms. The maximum atomic E-state index is 5.62. The van der Waals surface area contributed by atoms with Gasteiger partial charge in [0.05, 0.1) is 19.2 Å². The molecule has 0 radical (unpaired) electrons. The molecule has 0 fully saturated rings. The Labute approximate surface area is 94.7 Å². The van der Waals surface area contributed by atoms with Gasteiger partial charge in [-0.15, -0.1) is 0 Å². The van der Waals surface area contributed by atoms with Crippen LogP contribution in [0.25, 0.3) is 0 Å². The summed E-state index contributed by atoms with van der Waals surface area (Å²) < 4.78 is 5.62. The monoisotopic (exact) mass is 217 g/mol. The van der Waals surface area contributed by atoms with Crippen molar-refractivity contribution in [2.75, 3.05) is 19.7 Å². The molecule has 16 heavy (non-hydrogen) atoms. The summed E-state index contributed by atoms with van der Waals surface area (Å²) in [5.74, 6) is 1.91. The van der Waals surface area contributed by atoms with Gasteiger partial charge in [0, 0.05) is 18.5 Å². The zero-order chi connectivity index (χ0) is 10.8. The van der Waals surface area contributed by atoms with E-state index < -0.39 is 0 Å². The van der Waals surface area contributed by atoms with Crippen LogP contribution in [0.2, 0.25) is 0 Å². The van der Waals surface area contributed by atoms with Gasteiger partial charge in [-0.05, 0) is 6.07 Å². The van der Waals surface area contributed by atoms with Crippen LogP contribution in [0.15, 0.2) is 29.3 Å². The standard InChI is InChI=1S/C12H15N3O/c1-2-4-11-9(3-1)10(5-8-16-11)15-12-13-6-7-14-12/h1-4,10H,5-8H2,(H2,13,14,15). The van der Waals surface area contributed by atoms with Crippen molar-refractivity contribution in [2.24, 2.45) is 4.99 Å². The average Bonchev–Trinajstić information content (AvgIpc) is 2.82. The SMILES string of the molecule is c1ccc2c(c1)OCCC2NC1=NCCN1. The molecule has 1 atom stereocenters. The number of nitrogens with zero attached hydrogens (tertiary/aromatic N) is 1. The third kappa shape index (κ3) is 1.71. The predicted molar refractivity (Wildman–Crippen MR) is 62.7 cm³/mol. The van der Waals surface area contributed by atoms with E-state index in [0.29, 0.717) is 6.04 Å². The van der Waals surface area contributed by atoms with Crippen molar-refractivity contribution in [1.82, 2.24) is 10.6 Å². The molecular weight excluding hydrogens is 202 g/mol. The average molecular weight is 217 g/mol. The molecular formula is C12H15N3O. The minimum atomic E-state index is 0.314. The first-order valence-corrected chi connectivity index (χ1v) is 5.70. The second-order valence-corrected chi connectivity index (χ2v) is 4.03. The fourth-order valence-electron chi connectivity index (χ4n) is 2.15. The molecule has 0 saturated carbocycles. The zero-order valence-electron chi connectivity index (χ0n) is 9.07. The summed E-state index contributed by atoms with van der Waals surface area (Å²) in [6.45, 7) is 2.57. The summed E-state index contributed by atoms with van der Waals surface area (Å²) in [7, 11) is 0. The molecule has 1 unspecified atom stereocenters. The number of aliphatic imine (C=N–C) groups is 1. The van der Waals surface area contributed by atoms with Crippen LogP contribution in [0.3, 0.4) is 0 Å². The van der Waals surface area contributed by atoms with E-state index in [4.69, 9.17) is 4.74 Å². The lowest BCUT2D eigenvalue weighted by molar-refractivity contribution is 0.262. The molecule has 2 aliphatic heterocycles. The van der Waals surface area contributed by atoms with E-state index in [-0.39, 0.29) is 0 Å². The number of benzene rings is 1. The molecule has 1 aromatic carbocycles. The van der Waals surface area contributed by atoms with Gasteiger partial charge in [-0.25, -0.2) is 0 Å². The molecule has 84 valence electrons. The molecule has 0 saturated heterocycles. The number of nitrogens with one attached hydrogen (secondary N) is 2. The van der Waals surface area contributed by atoms with Gasteiger partial charge >= 0.3 is 0 Å². The molecule has 3 rings (SSSR count). The van der Waals surface area contributed by atoms with Crippen LogP contribution in [0.4, 0.5) is 0 Å². The van der Waals surface area contributed by atoms with Crippen molar-refractivity contribution in [1.29, 1.82) is 0 Å². The smallest absolute Gasteiger partial charge is 0.191 e. The normalized spacial score (nSPS) is 22.8. The summed E-state index contributed by atoms with van der Waals surface area (Å²) in [6.07, 6.45) is 0.984. The Morgan fingerprint density at radius 1 is 1.38 bits per heavy atom. The van der Waals surface area contributed by atoms with Crippen molar-refractivity contribution in [3.8, 4) is 5.75 Å². The lowest BCUT2D eigenvalue weighted by Gasteiger charge is -2.27. The third-order valence-corrected chi connectivity index (χ3v) is 2.94. The second kappa shape index (κ2) is 4.04. The fraction of sp³-hybridized carbons (Fsp3) is 0.417. The number of rotatable bonds is 1. The summed E-state index contributed by atoms with van der Waals surface area (Å²) in [6, 6.07) is 8.50. The molecule has 2 heterocycles. The Morgan fingerprint density at radius 2 is 2.31 bits per heavy atom. The molecule has 4 nitrogen and oxygen atoms in total. The first-order chi connectivity index (χ1) is 7.93. The van der Waals surface area contributed by atoms with Crippen molar-refractivity contribution >= 4 is 5.96 Å². The Balaban J connectivity index is 1.81. The Bertz CT molecular complexity index is 416. The van der Waals surface area contributed by atoms with Gasteiger partial charge in [0.1, 0.15) is 5.75 Å². The minimum Gasteiger partial charge on any atom is -0.493 e. The Kier molecular flexibility index (Phi) is 2.40. The van der Waals surface area contributed by atoms with E-state index in [0.717, 1.165) is 37.8 Å². The fourth-order valence-corrected chi connectivity index (χ4v) is 2.15. The van der Waals surface area contributed by atoms with Gasteiger partial charge < -0.3 is 15.4 Å². The second-order valence-electron chi connectivity index (χ2n) is 4.03. The topological polar surface area (TPSA) is 45.6 Å². The van der Waals surface area contributed by atoms with Gasteiger partial charge in [-0.2, -0.15) is 0 Å². The van der Waals surface area contributed by atoms with Crippen molar-refractivity contribution in [3.05, 3.63) is 29.8 Å². The lowest BCUT2D eigenvalue weighted by Crippen LogP contribution is -2.38. The zero-order valence-corrected chi connectivity index (χ0v) is 9.07. The number of para-hydroxylation sites is 1. The first-order valence-electron chi connectivity index (χ1n) is 5.70. The van der Waals surface area contributed by atoms with E-state index >= 15 is 0 Å². The maximum absolute atomic E-state index is 5.62. The van der Waals surface area contributed by atoms with Crippen molar-refractivity contribution < 1.29 is 4.74 Å². The van der Waals surface area contributed by atoms with Crippen molar-refractivity contribution in [3.63, 3.8) is 0 Å². The molecule has 0 spiro atoms. The highest BCUT2D eigenvalue weighted by molar-refractivity contribution is 5.81. The van der Waals surface area contributed by atoms with E-state index in [1.165, 1.54) is 5.56 Å². The molecule has 2 N–H and O–H groups in total. The summed E-state index contributed by atoms with van der Waals surface area (Å²) in [4.78, 5) is 4.36. The minimum absolute atomic E-state index is 0.314. The molecule has 0 bridgehead atoms. The highest BCUT2D eigenvalue weighted by atomic mass is 16.5. The quantitative estimate of drug-likeness (QED) is 0.739. The molecule has 0 aliphatic carbocycles. The van der Waals surface area contributed by atoms with Gasteiger partial charge in [-0.1, -0.05) is 18.2 Å². The van der Waals surface area contributed by atoms with Gasteiger partial charge in [0.15, 0.2) is 5.96 Å². The lowest BCUT2D eigenvalue weighted by atomic mass is 10.0. The number of hydrogen-bond acceptors (Lipinski definition) is 4. The molecule has 0 aromatic heterocycles.